The van der Waals surface area contributed by atoms with Crippen LogP contribution in [-0.2, 0) is 9.84 Å². The summed E-state index contributed by atoms with van der Waals surface area (Å²) in [5, 5.41) is 3.13. The highest BCUT2D eigenvalue weighted by Gasteiger charge is 2.35. The Morgan fingerprint density at radius 2 is 2.13 bits per heavy atom. The maximum atomic E-state index is 12.4. The molecule has 2 rings (SSSR count). The zero-order valence-corrected chi connectivity index (χ0v) is 15.1. The van der Waals surface area contributed by atoms with E-state index < -0.39 is 9.84 Å². The lowest BCUT2D eigenvalue weighted by Crippen LogP contribution is -2.42. The van der Waals surface area contributed by atoms with Gasteiger partial charge in [0.05, 0.1) is 11.3 Å². The number of likely N-dealkylation sites (tertiary alicyclic amines) is 1. The molecular weight excluding hydrogens is 314 g/mol. The molecule has 23 heavy (non-hydrogen) atoms. The van der Waals surface area contributed by atoms with Crippen LogP contribution in [0.3, 0.4) is 0 Å². The van der Waals surface area contributed by atoms with Crippen molar-refractivity contribution in [3.8, 4) is 0 Å². The summed E-state index contributed by atoms with van der Waals surface area (Å²) in [5.74, 6) is 0.855. The minimum atomic E-state index is -2.96. The predicted molar refractivity (Wildman–Crippen MR) is 91.3 cm³/mol. The lowest BCUT2D eigenvalue weighted by molar-refractivity contribution is 0.0925. The maximum absolute atomic E-state index is 12.4. The summed E-state index contributed by atoms with van der Waals surface area (Å²) in [6, 6.07) is 1.84. The van der Waals surface area contributed by atoms with E-state index in [1.54, 1.807) is 12.3 Å². The third-order valence-electron chi connectivity index (χ3n) is 4.59. The summed E-state index contributed by atoms with van der Waals surface area (Å²) in [6.07, 6.45) is 3.02. The van der Waals surface area contributed by atoms with E-state index in [0.717, 1.165) is 12.2 Å². The Hall–Kier alpha value is -1.34. The second kappa shape index (κ2) is 7.05. The van der Waals surface area contributed by atoms with Crippen LogP contribution < -0.4 is 5.32 Å². The summed E-state index contributed by atoms with van der Waals surface area (Å²) >= 11 is 0. The summed E-state index contributed by atoms with van der Waals surface area (Å²) in [4.78, 5) is 17.6. The molecule has 130 valence electrons. The van der Waals surface area contributed by atoms with Crippen molar-refractivity contribution in [3.05, 3.63) is 23.5 Å². The van der Waals surface area contributed by atoms with Gasteiger partial charge in [-0.25, -0.2) is 8.42 Å². The predicted octanol–water partition coefficient (Wildman–Crippen LogP) is 1.05. The fraction of sp³-hybridized carbons (Fsp3) is 0.688. The molecule has 0 aliphatic carbocycles. The van der Waals surface area contributed by atoms with Crippen molar-refractivity contribution < 1.29 is 13.2 Å². The Morgan fingerprint density at radius 1 is 1.43 bits per heavy atom. The van der Waals surface area contributed by atoms with Gasteiger partial charge in [-0.15, -0.1) is 0 Å². The highest BCUT2D eigenvalue weighted by atomic mass is 32.2. The van der Waals surface area contributed by atoms with Crippen molar-refractivity contribution >= 4 is 15.7 Å². The Bertz CT molecular complexity index is 651. The first-order chi connectivity index (χ1) is 10.7. The van der Waals surface area contributed by atoms with Gasteiger partial charge in [0.1, 0.15) is 9.84 Å². The molecule has 0 saturated carbocycles. The van der Waals surface area contributed by atoms with Crippen molar-refractivity contribution in [2.24, 2.45) is 11.8 Å². The normalized spacial score (nSPS) is 22.7. The van der Waals surface area contributed by atoms with Crippen LogP contribution >= 0.6 is 0 Å². The summed E-state index contributed by atoms with van der Waals surface area (Å²) < 4.78 is 22.7. The van der Waals surface area contributed by atoms with Crippen LogP contribution in [0.15, 0.2) is 12.3 Å². The van der Waals surface area contributed by atoms with E-state index in [1.807, 2.05) is 6.92 Å². The molecular formula is C16H27N3O3S. The number of rotatable bonds is 6. The fourth-order valence-electron chi connectivity index (χ4n) is 3.16. The Kier molecular flexibility index (Phi) is 5.52. The lowest BCUT2D eigenvalue weighted by Gasteiger charge is -2.23. The Morgan fingerprint density at radius 3 is 2.65 bits per heavy atom. The monoisotopic (exact) mass is 341 g/mol. The number of H-pyrrole nitrogens is 1. The van der Waals surface area contributed by atoms with Gasteiger partial charge in [0, 0.05) is 43.8 Å². The first-order valence-electron chi connectivity index (χ1n) is 8.02. The largest absolute Gasteiger partial charge is 0.365 e. The van der Waals surface area contributed by atoms with Gasteiger partial charge in [0.15, 0.2) is 0 Å². The van der Waals surface area contributed by atoms with Crippen LogP contribution in [0.1, 0.15) is 29.9 Å². The van der Waals surface area contributed by atoms with Gasteiger partial charge in [-0.05, 0) is 24.8 Å². The van der Waals surface area contributed by atoms with Crippen molar-refractivity contribution in [1.29, 1.82) is 0 Å². The van der Waals surface area contributed by atoms with Gasteiger partial charge in [0.2, 0.25) is 0 Å². The lowest BCUT2D eigenvalue weighted by atomic mass is 9.91. The molecule has 2 heterocycles. The summed E-state index contributed by atoms with van der Waals surface area (Å²) in [7, 11) is -2.96. The van der Waals surface area contributed by atoms with E-state index in [-0.39, 0.29) is 17.7 Å². The number of aromatic nitrogens is 1. The maximum Gasteiger partial charge on any atom is 0.253 e. The van der Waals surface area contributed by atoms with Gasteiger partial charge in [0.25, 0.3) is 5.91 Å². The topological polar surface area (TPSA) is 82.3 Å². The Labute approximate surface area is 138 Å². The van der Waals surface area contributed by atoms with Gasteiger partial charge < -0.3 is 10.3 Å². The van der Waals surface area contributed by atoms with E-state index in [2.05, 4.69) is 29.0 Å². The number of nitrogens with one attached hydrogen (secondary N) is 2. The molecule has 2 N–H and O–H groups in total. The number of hydrogen-bond donors (Lipinski definition) is 2. The first-order valence-corrected chi connectivity index (χ1v) is 10.1. The minimum Gasteiger partial charge on any atom is -0.365 e. The van der Waals surface area contributed by atoms with Crippen molar-refractivity contribution in [3.63, 3.8) is 0 Å². The summed E-state index contributed by atoms with van der Waals surface area (Å²) in [6.45, 7) is 8.22. The van der Waals surface area contributed by atoms with Crippen molar-refractivity contribution in [1.82, 2.24) is 15.2 Å². The third kappa shape index (κ3) is 4.81. The third-order valence-corrected chi connectivity index (χ3v) is 5.51. The number of aryl methyl sites for hydroxylation is 1. The van der Waals surface area contributed by atoms with Crippen LogP contribution in [-0.4, -0.2) is 61.9 Å². The van der Waals surface area contributed by atoms with Crippen LogP contribution in [0.5, 0.6) is 0 Å². The average molecular weight is 341 g/mol. The number of hydrogen-bond acceptors (Lipinski definition) is 4. The number of aromatic amines is 1. The molecule has 1 amide bonds. The summed E-state index contributed by atoms with van der Waals surface area (Å²) in [5.41, 5.74) is 1.53. The van der Waals surface area contributed by atoms with Crippen molar-refractivity contribution in [2.75, 3.05) is 31.6 Å². The number of carbonyl (C=O) groups excluding carboxylic acids is 1. The standard InChI is InChI=1S/C16H27N3O3S/c1-11(2)14-9-19(7-8-23(4,21)22)10-15(14)18-16(20)13-5-6-17-12(13)3/h5-6,11,14-15,17H,7-10H2,1-4H3,(H,18,20)/t14-,15+/m0/s1. The number of amides is 1. The molecule has 1 saturated heterocycles. The van der Waals surface area contributed by atoms with Crippen LogP contribution in [0.25, 0.3) is 0 Å². The van der Waals surface area contributed by atoms with Crippen LogP contribution in [0.2, 0.25) is 0 Å². The number of carbonyl (C=O) groups is 1. The highest BCUT2D eigenvalue weighted by molar-refractivity contribution is 7.90. The second-order valence-electron chi connectivity index (χ2n) is 6.89. The molecule has 2 atom stereocenters. The second-order valence-corrected chi connectivity index (χ2v) is 9.15. The molecule has 1 aromatic heterocycles. The smallest absolute Gasteiger partial charge is 0.253 e. The zero-order valence-electron chi connectivity index (χ0n) is 14.3. The minimum absolute atomic E-state index is 0.0522. The molecule has 0 spiro atoms. The molecule has 0 unspecified atom stereocenters. The van der Waals surface area contributed by atoms with Crippen molar-refractivity contribution in [2.45, 2.75) is 26.8 Å². The molecule has 0 aromatic carbocycles. The zero-order chi connectivity index (χ0) is 17.2. The molecule has 1 aliphatic rings. The SMILES string of the molecule is Cc1[nH]ccc1C(=O)N[C@@H]1CN(CCS(C)(=O)=O)C[C@H]1C(C)C. The van der Waals surface area contributed by atoms with E-state index in [9.17, 15) is 13.2 Å². The van der Waals surface area contributed by atoms with E-state index in [4.69, 9.17) is 0 Å². The molecule has 7 heteroatoms. The quantitative estimate of drug-likeness (QED) is 0.810. The Balaban J connectivity index is 2.01. The molecule has 1 aliphatic heterocycles. The first kappa shape index (κ1) is 18.0. The van der Waals surface area contributed by atoms with E-state index in [1.165, 1.54) is 6.26 Å². The fourth-order valence-corrected chi connectivity index (χ4v) is 3.75. The van der Waals surface area contributed by atoms with Gasteiger partial charge >= 0.3 is 0 Å². The van der Waals surface area contributed by atoms with E-state index >= 15 is 0 Å². The molecule has 1 aromatic rings. The highest BCUT2D eigenvalue weighted by Crippen LogP contribution is 2.25. The van der Waals surface area contributed by atoms with Gasteiger partial charge in [-0.1, -0.05) is 13.8 Å². The molecule has 0 bridgehead atoms. The molecule has 0 radical (unpaired) electrons. The number of nitrogens with zero attached hydrogens (tertiary/aromatic N) is 1. The van der Waals surface area contributed by atoms with Gasteiger partial charge in [-0.3, -0.25) is 9.69 Å². The molecule has 6 nitrogen and oxygen atoms in total. The van der Waals surface area contributed by atoms with E-state index in [0.29, 0.717) is 30.5 Å². The number of sulfone groups is 1. The van der Waals surface area contributed by atoms with Gasteiger partial charge in [-0.2, -0.15) is 0 Å². The van der Waals surface area contributed by atoms with Crippen LogP contribution in [0, 0.1) is 18.8 Å². The van der Waals surface area contributed by atoms with Crippen LogP contribution in [0.4, 0.5) is 0 Å². The average Bonchev–Trinajstić information content (AvgIpc) is 3.02. The molecule has 1 fully saturated rings.